The number of ether oxygens (including phenoxy) is 1. The number of benzene rings is 1. The number of carbonyl (C=O) groups excluding carboxylic acids is 2. The first kappa shape index (κ1) is 15.1. The van der Waals surface area contributed by atoms with Gasteiger partial charge in [0.2, 0.25) is 5.91 Å². The molecule has 0 unspecified atom stereocenters. The fraction of sp³-hybridized carbons (Fsp3) is 0.385. The molecule has 6 heteroatoms. The zero-order valence-corrected chi connectivity index (χ0v) is 10.8. The lowest BCUT2D eigenvalue weighted by molar-refractivity contribution is -0.134. The smallest absolute Gasteiger partial charge is 0.251 e. The summed E-state index contributed by atoms with van der Waals surface area (Å²) in [6.45, 7) is 0.955. The summed E-state index contributed by atoms with van der Waals surface area (Å²) in [5.41, 5.74) is 2.83. The average Bonchev–Trinajstić information content (AvgIpc) is 2.44. The van der Waals surface area contributed by atoms with Crippen LogP contribution in [0.1, 0.15) is 16.8 Å². The molecule has 1 aromatic carbocycles. The summed E-state index contributed by atoms with van der Waals surface area (Å²) < 4.78 is 4.75. The molecule has 0 saturated carbocycles. The van der Waals surface area contributed by atoms with Crippen molar-refractivity contribution in [2.24, 2.45) is 0 Å². The Morgan fingerprint density at radius 2 is 1.89 bits per heavy atom. The molecule has 2 amide bonds. The molecule has 1 aromatic rings. The minimum absolute atomic E-state index is 0.158. The van der Waals surface area contributed by atoms with Gasteiger partial charge in [0.15, 0.2) is 0 Å². The number of methoxy groups -OCH3 is 1. The average molecular weight is 266 g/mol. The Kier molecular flexibility index (Phi) is 7.23. The molecule has 0 aliphatic carbocycles. The Bertz CT molecular complexity index is 395. The Labute approximate surface area is 112 Å². The van der Waals surface area contributed by atoms with Crippen LogP contribution in [0.2, 0.25) is 0 Å². The van der Waals surface area contributed by atoms with Crippen LogP contribution in [0.15, 0.2) is 30.3 Å². The number of hydrogen-bond acceptors (Lipinski definition) is 4. The molecular formula is C13H18N2O4. The van der Waals surface area contributed by atoms with Gasteiger partial charge in [-0.3, -0.25) is 14.4 Å². The van der Waals surface area contributed by atoms with Crippen LogP contribution in [0, 0.1) is 0 Å². The van der Waals surface area contributed by atoms with Gasteiger partial charge in [0, 0.05) is 25.6 Å². The van der Waals surface area contributed by atoms with Gasteiger partial charge in [-0.2, -0.15) is 0 Å². The summed E-state index contributed by atoms with van der Waals surface area (Å²) in [5, 5.41) is 2.65. The van der Waals surface area contributed by atoms with E-state index in [2.05, 4.69) is 10.8 Å². The Morgan fingerprint density at radius 3 is 2.58 bits per heavy atom. The van der Waals surface area contributed by atoms with E-state index in [-0.39, 0.29) is 24.8 Å². The second-order valence-electron chi connectivity index (χ2n) is 3.74. The van der Waals surface area contributed by atoms with E-state index in [1.165, 1.54) is 0 Å². The number of carbonyl (C=O) groups is 2. The summed E-state index contributed by atoms with van der Waals surface area (Å²) in [7, 11) is 1.55. The molecule has 0 bridgehead atoms. The van der Waals surface area contributed by atoms with Crippen LogP contribution >= 0.6 is 0 Å². The van der Waals surface area contributed by atoms with Crippen molar-refractivity contribution < 1.29 is 19.2 Å². The molecule has 19 heavy (non-hydrogen) atoms. The minimum Gasteiger partial charge on any atom is -0.382 e. The molecule has 0 spiro atoms. The zero-order chi connectivity index (χ0) is 13.9. The first-order valence-electron chi connectivity index (χ1n) is 5.97. The van der Waals surface area contributed by atoms with E-state index in [0.29, 0.717) is 18.8 Å². The maximum Gasteiger partial charge on any atom is 0.251 e. The van der Waals surface area contributed by atoms with Crippen molar-refractivity contribution in [2.45, 2.75) is 6.42 Å². The third-order valence-corrected chi connectivity index (χ3v) is 2.25. The molecule has 1 rings (SSSR count). The molecule has 0 aliphatic heterocycles. The van der Waals surface area contributed by atoms with Crippen molar-refractivity contribution in [3.63, 3.8) is 0 Å². The van der Waals surface area contributed by atoms with E-state index in [1.807, 2.05) is 6.07 Å². The first-order chi connectivity index (χ1) is 9.24. The standard InChI is InChI=1S/C13H18N2O4/c1-18-9-10-19-15-12(16)7-8-14-13(17)11-5-3-2-4-6-11/h2-6H,7-10H2,1H3,(H,14,17)(H,15,16). The van der Waals surface area contributed by atoms with E-state index >= 15 is 0 Å². The highest BCUT2D eigenvalue weighted by Crippen LogP contribution is 1.97. The first-order valence-corrected chi connectivity index (χ1v) is 5.97. The highest BCUT2D eigenvalue weighted by molar-refractivity contribution is 5.94. The SMILES string of the molecule is COCCONC(=O)CCNC(=O)c1ccccc1. The molecule has 0 radical (unpaired) electrons. The van der Waals surface area contributed by atoms with Crippen LogP contribution < -0.4 is 10.8 Å². The third kappa shape index (κ3) is 6.54. The van der Waals surface area contributed by atoms with E-state index in [4.69, 9.17) is 9.57 Å². The molecule has 0 aromatic heterocycles. The molecule has 0 heterocycles. The van der Waals surface area contributed by atoms with Crippen molar-refractivity contribution in [3.05, 3.63) is 35.9 Å². The third-order valence-electron chi connectivity index (χ3n) is 2.25. The molecule has 2 N–H and O–H groups in total. The van der Waals surface area contributed by atoms with Gasteiger partial charge in [-0.25, -0.2) is 5.48 Å². The Balaban J connectivity index is 2.13. The molecule has 0 fully saturated rings. The van der Waals surface area contributed by atoms with Gasteiger partial charge in [-0.05, 0) is 12.1 Å². The predicted molar refractivity (Wildman–Crippen MR) is 69.4 cm³/mol. The monoisotopic (exact) mass is 266 g/mol. The summed E-state index contributed by atoms with van der Waals surface area (Å²) in [4.78, 5) is 27.8. The molecule has 0 aliphatic rings. The van der Waals surface area contributed by atoms with Crippen molar-refractivity contribution in [1.82, 2.24) is 10.8 Å². The zero-order valence-electron chi connectivity index (χ0n) is 10.8. The van der Waals surface area contributed by atoms with Gasteiger partial charge in [0.1, 0.15) is 0 Å². The van der Waals surface area contributed by atoms with Crippen molar-refractivity contribution in [1.29, 1.82) is 0 Å². The van der Waals surface area contributed by atoms with Crippen LogP contribution in [0.4, 0.5) is 0 Å². The highest BCUT2D eigenvalue weighted by atomic mass is 16.7. The van der Waals surface area contributed by atoms with E-state index in [9.17, 15) is 9.59 Å². The largest absolute Gasteiger partial charge is 0.382 e. The van der Waals surface area contributed by atoms with Crippen molar-refractivity contribution in [3.8, 4) is 0 Å². The number of hydrogen-bond donors (Lipinski definition) is 2. The lowest BCUT2D eigenvalue weighted by Gasteiger charge is -2.06. The number of hydroxylamine groups is 1. The quantitative estimate of drug-likeness (QED) is 0.530. The van der Waals surface area contributed by atoms with Gasteiger partial charge < -0.3 is 10.1 Å². The Morgan fingerprint density at radius 1 is 1.16 bits per heavy atom. The van der Waals surface area contributed by atoms with Crippen LogP contribution in [-0.2, 0) is 14.4 Å². The van der Waals surface area contributed by atoms with E-state index in [0.717, 1.165) is 0 Å². The van der Waals surface area contributed by atoms with Gasteiger partial charge in [-0.15, -0.1) is 0 Å². The van der Waals surface area contributed by atoms with Crippen LogP contribution in [-0.4, -0.2) is 38.7 Å². The maximum atomic E-state index is 11.6. The molecule has 6 nitrogen and oxygen atoms in total. The fourth-order valence-electron chi connectivity index (χ4n) is 1.29. The summed E-state index contributed by atoms with van der Waals surface area (Å²) in [6.07, 6.45) is 0.158. The van der Waals surface area contributed by atoms with Crippen LogP contribution in [0.5, 0.6) is 0 Å². The number of rotatable bonds is 8. The Hall–Kier alpha value is -1.92. The van der Waals surface area contributed by atoms with E-state index < -0.39 is 0 Å². The van der Waals surface area contributed by atoms with Crippen molar-refractivity contribution >= 4 is 11.8 Å². The topological polar surface area (TPSA) is 76.7 Å². The molecule has 0 saturated heterocycles. The predicted octanol–water partition coefficient (Wildman–Crippen LogP) is 0.501. The summed E-state index contributed by atoms with van der Waals surface area (Å²) in [5.74, 6) is -0.488. The van der Waals surface area contributed by atoms with E-state index in [1.54, 1.807) is 31.4 Å². The number of nitrogens with one attached hydrogen (secondary N) is 2. The lowest BCUT2D eigenvalue weighted by Crippen LogP contribution is -2.31. The fourth-order valence-corrected chi connectivity index (χ4v) is 1.29. The van der Waals surface area contributed by atoms with Crippen LogP contribution in [0.3, 0.4) is 0 Å². The lowest BCUT2D eigenvalue weighted by atomic mass is 10.2. The second kappa shape index (κ2) is 9.07. The van der Waals surface area contributed by atoms with Gasteiger partial charge in [-0.1, -0.05) is 18.2 Å². The minimum atomic E-state index is -0.288. The van der Waals surface area contributed by atoms with Gasteiger partial charge in [0.25, 0.3) is 5.91 Å². The summed E-state index contributed by atoms with van der Waals surface area (Å²) in [6, 6.07) is 8.82. The molecule has 104 valence electrons. The number of amides is 2. The summed E-state index contributed by atoms with van der Waals surface area (Å²) >= 11 is 0. The van der Waals surface area contributed by atoms with Gasteiger partial charge in [0.05, 0.1) is 13.2 Å². The molecular weight excluding hydrogens is 248 g/mol. The van der Waals surface area contributed by atoms with Crippen molar-refractivity contribution in [2.75, 3.05) is 26.9 Å². The normalized spacial score (nSPS) is 9.95. The molecule has 0 atom stereocenters. The maximum absolute atomic E-state index is 11.6. The highest BCUT2D eigenvalue weighted by Gasteiger charge is 2.05. The second-order valence-corrected chi connectivity index (χ2v) is 3.74. The van der Waals surface area contributed by atoms with Gasteiger partial charge >= 0.3 is 0 Å². The van der Waals surface area contributed by atoms with Crippen LogP contribution in [0.25, 0.3) is 0 Å².